The predicted molar refractivity (Wildman–Crippen MR) is 55.1 cm³/mol. The Morgan fingerprint density at radius 3 is 2.73 bits per heavy atom. The van der Waals surface area contributed by atoms with Gasteiger partial charge in [-0.1, -0.05) is 18.2 Å². The van der Waals surface area contributed by atoms with Gasteiger partial charge >= 0.3 is 0 Å². The Kier molecular flexibility index (Phi) is 2.39. The van der Waals surface area contributed by atoms with Crippen molar-refractivity contribution in [2.45, 2.75) is 6.04 Å². The topological polar surface area (TPSA) is 77.0 Å². The molecule has 0 aliphatic heterocycles. The van der Waals surface area contributed by atoms with Crippen LogP contribution >= 0.6 is 0 Å². The van der Waals surface area contributed by atoms with Gasteiger partial charge < -0.3 is 10.8 Å². The fraction of sp³-hybridized carbons (Fsp3) is 0.200. The van der Waals surface area contributed by atoms with Crippen molar-refractivity contribution in [3.05, 3.63) is 42.0 Å². The van der Waals surface area contributed by atoms with E-state index < -0.39 is 6.04 Å². The number of benzene rings is 1. The first-order valence-electron chi connectivity index (χ1n) is 4.57. The maximum Gasteiger partial charge on any atom is 0.148 e. The molecule has 0 saturated heterocycles. The molecule has 3 N–H and O–H groups in total. The molecule has 0 amide bonds. The molecular weight excluding hydrogens is 192 g/mol. The first-order chi connectivity index (χ1) is 7.20. The van der Waals surface area contributed by atoms with Crippen LogP contribution < -0.4 is 5.73 Å². The van der Waals surface area contributed by atoms with E-state index >= 15 is 0 Å². The van der Waals surface area contributed by atoms with Crippen LogP contribution in [0.5, 0.6) is 5.75 Å². The van der Waals surface area contributed by atoms with Crippen LogP contribution in [0.4, 0.5) is 0 Å². The van der Waals surface area contributed by atoms with Crippen LogP contribution in [0.25, 0.3) is 0 Å². The molecule has 1 atom stereocenters. The van der Waals surface area contributed by atoms with Gasteiger partial charge in [-0.3, -0.25) is 4.68 Å². The van der Waals surface area contributed by atoms with Crippen molar-refractivity contribution >= 4 is 0 Å². The third-order valence-corrected chi connectivity index (χ3v) is 2.30. The summed E-state index contributed by atoms with van der Waals surface area (Å²) in [5.74, 6) is 0.796. The molecule has 0 bridgehead atoms. The summed E-state index contributed by atoms with van der Waals surface area (Å²) in [6.07, 6.45) is 1.44. The van der Waals surface area contributed by atoms with Crippen molar-refractivity contribution in [1.82, 2.24) is 14.8 Å². The summed E-state index contributed by atoms with van der Waals surface area (Å²) in [4.78, 5) is 4.05. The van der Waals surface area contributed by atoms with E-state index in [0.717, 1.165) is 0 Å². The van der Waals surface area contributed by atoms with Gasteiger partial charge in [-0.25, -0.2) is 4.98 Å². The molecule has 1 heterocycles. The molecule has 0 fully saturated rings. The van der Waals surface area contributed by atoms with Gasteiger partial charge in [0, 0.05) is 12.6 Å². The van der Waals surface area contributed by atoms with E-state index in [-0.39, 0.29) is 5.75 Å². The van der Waals surface area contributed by atoms with E-state index in [0.29, 0.717) is 11.4 Å². The SMILES string of the molecule is Cn1ncnc1C(N)c1ccccc1O. The van der Waals surface area contributed by atoms with Crippen molar-refractivity contribution in [3.8, 4) is 5.75 Å². The number of phenolic OH excluding ortho intramolecular Hbond substituents is 1. The molecule has 5 heteroatoms. The van der Waals surface area contributed by atoms with Gasteiger partial charge in [-0.2, -0.15) is 5.10 Å². The van der Waals surface area contributed by atoms with Crippen LogP contribution in [0, 0.1) is 0 Å². The van der Waals surface area contributed by atoms with Crippen molar-refractivity contribution in [1.29, 1.82) is 0 Å². The third-order valence-electron chi connectivity index (χ3n) is 2.30. The summed E-state index contributed by atoms with van der Waals surface area (Å²) in [6.45, 7) is 0. The molecule has 2 aromatic rings. The second-order valence-electron chi connectivity index (χ2n) is 3.28. The first-order valence-corrected chi connectivity index (χ1v) is 4.57. The highest BCUT2D eigenvalue weighted by Gasteiger charge is 2.16. The smallest absolute Gasteiger partial charge is 0.148 e. The van der Waals surface area contributed by atoms with Crippen LogP contribution in [-0.2, 0) is 7.05 Å². The summed E-state index contributed by atoms with van der Waals surface area (Å²) in [7, 11) is 1.77. The summed E-state index contributed by atoms with van der Waals surface area (Å²) in [5, 5.41) is 13.6. The fourth-order valence-corrected chi connectivity index (χ4v) is 1.48. The minimum atomic E-state index is -0.460. The Balaban J connectivity index is 2.41. The number of aromatic nitrogens is 3. The van der Waals surface area contributed by atoms with Gasteiger partial charge in [-0.05, 0) is 6.07 Å². The number of nitrogens with zero attached hydrogens (tertiary/aromatic N) is 3. The number of phenols is 1. The predicted octanol–water partition coefficient (Wildman–Crippen LogP) is 0.569. The second kappa shape index (κ2) is 3.70. The largest absolute Gasteiger partial charge is 0.508 e. The molecule has 2 rings (SSSR count). The molecule has 0 radical (unpaired) electrons. The quantitative estimate of drug-likeness (QED) is 0.749. The normalized spacial score (nSPS) is 12.7. The molecule has 1 unspecified atom stereocenters. The lowest BCUT2D eigenvalue weighted by atomic mass is 10.1. The lowest BCUT2D eigenvalue weighted by Gasteiger charge is -2.12. The van der Waals surface area contributed by atoms with E-state index in [4.69, 9.17) is 5.73 Å². The van der Waals surface area contributed by atoms with E-state index in [2.05, 4.69) is 10.1 Å². The van der Waals surface area contributed by atoms with Crippen LogP contribution in [0.15, 0.2) is 30.6 Å². The minimum Gasteiger partial charge on any atom is -0.508 e. The van der Waals surface area contributed by atoms with Gasteiger partial charge in [0.05, 0.1) is 6.04 Å². The second-order valence-corrected chi connectivity index (χ2v) is 3.28. The van der Waals surface area contributed by atoms with Gasteiger partial charge in [0.2, 0.25) is 0 Å². The fourth-order valence-electron chi connectivity index (χ4n) is 1.48. The molecule has 1 aromatic carbocycles. The van der Waals surface area contributed by atoms with E-state index in [1.165, 1.54) is 6.33 Å². The minimum absolute atomic E-state index is 0.174. The molecule has 1 aromatic heterocycles. The average Bonchev–Trinajstić information content (AvgIpc) is 2.64. The van der Waals surface area contributed by atoms with Gasteiger partial charge in [0.1, 0.15) is 17.9 Å². The van der Waals surface area contributed by atoms with Crippen molar-refractivity contribution in [2.75, 3.05) is 0 Å². The number of rotatable bonds is 2. The Morgan fingerprint density at radius 2 is 2.13 bits per heavy atom. The lowest BCUT2D eigenvalue weighted by molar-refractivity contribution is 0.463. The summed E-state index contributed by atoms with van der Waals surface area (Å²) >= 11 is 0. The van der Waals surface area contributed by atoms with Crippen molar-refractivity contribution < 1.29 is 5.11 Å². The van der Waals surface area contributed by atoms with Crippen LogP contribution in [0.1, 0.15) is 17.4 Å². The van der Waals surface area contributed by atoms with Crippen LogP contribution in [0.3, 0.4) is 0 Å². The molecule has 0 spiro atoms. The van der Waals surface area contributed by atoms with Gasteiger partial charge in [-0.15, -0.1) is 0 Å². The monoisotopic (exact) mass is 204 g/mol. The maximum atomic E-state index is 9.63. The van der Waals surface area contributed by atoms with Crippen molar-refractivity contribution in [2.24, 2.45) is 12.8 Å². The number of nitrogens with two attached hydrogens (primary N) is 1. The standard InChI is InChI=1S/C10H12N4O/c1-14-10(12-6-13-14)9(11)7-4-2-3-5-8(7)15/h2-6,9,15H,11H2,1H3. The molecule has 15 heavy (non-hydrogen) atoms. The Labute approximate surface area is 87.2 Å². The Morgan fingerprint density at radius 1 is 1.40 bits per heavy atom. The zero-order valence-electron chi connectivity index (χ0n) is 8.33. The summed E-state index contributed by atoms with van der Waals surface area (Å²) in [5.41, 5.74) is 6.63. The highest BCUT2D eigenvalue weighted by atomic mass is 16.3. The van der Waals surface area contributed by atoms with Gasteiger partial charge in [0.25, 0.3) is 0 Å². The van der Waals surface area contributed by atoms with E-state index in [1.807, 2.05) is 6.07 Å². The molecule has 78 valence electrons. The average molecular weight is 204 g/mol. The van der Waals surface area contributed by atoms with E-state index in [1.54, 1.807) is 29.9 Å². The summed E-state index contributed by atoms with van der Waals surface area (Å²) in [6, 6.07) is 6.49. The molecule has 0 saturated carbocycles. The molecule has 0 aliphatic rings. The number of aromatic hydroxyl groups is 1. The highest BCUT2D eigenvalue weighted by molar-refractivity contribution is 5.37. The lowest BCUT2D eigenvalue weighted by Crippen LogP contribution is -2.17. The maximum absolute atomic E-state index is 9.63. The van der Waals surface area contributed by atoms with Crippen molar-refractivity contribution in [3.63, 3.8) is 0 Å². The molecule has 5 nitrogen and oxygen atoms in total. The molecular formula is C10H12N4O. The van der Waals surface area contributed by atoms with Gasteiger partial charge in [0.15, 0.2) is 0 Å². The summed E-state index contributed by atoms with van der Waals surface area (Å²) < 4.78 is 1.59. The zero-order valence-corrected chi connectivity index (χ0v) is 8.33. The first kappa shape index (κ1) is 9.67. The van der Waals surface area contributed by atoms with Crippen LogP contribution in [0.2, 0.25) is 0 Å². The number of hydrogen-bond acceptors (Lipinski definition) is 4. The molecule has 0 aliphatic carbocycles. The zero-order chi connectivity index (χ0) is 10.8. The number of aryl methyl sites for hydroxylation is 1. The third kappa shape index (κ3) is 1.69. The number of para-hydroxylation sites is 1. The highest BCUT2D eigenvalue weighted by Crippen LogP contribution is 2.25. The van der Waals surface area contributed by atoms with E-state index in [9.17, 15) is 5.11 Å². The Bertz CT molecular complexity index is 466. The Hall–Kier alpha value is -1.88. The van der Waals surface area contributed by atoms with Crippen LogP contribution in [-0.4, -0.2) is 19.9 Å². The number of hydrogen-bond donors (Lipinski definition) is 2.